The molecular formula is C25H23ClF3N7O3. The van der Waals surface area contributed by atoms with Gasteiger partial charge in [0.25, 0.3) is 0 Å². The Labute approximate surface area is 226 Å². The molecule has 3 heterocycles. The van der Waals surface area contributed by atoms with E-state index in [1.54, 1.807) is 17.2 Å². The van der Waals surface area contributed by atoms with Crippen molar-refractivity contribution in [3.63, 3.8) is 0 Å². The molecule has 14 heteroatoms. The Morgan fingerprint density at radius 3 is 2.18 bits per heavy atom. The van der Waals surface area contributed by atoms with Gasteiger partial charge in [-0.2, -0.15) is 18.2 Å². The van der Waals surface area contributed by atoms with Crippen molar-refractivity contribution in [2.75, 3.05) is 41.8 Å². The predicted molar refractivity (Wildman–Crippen MR) is 140 cm³/mol. The van der Waals surface area contributed by atoms with Crippen LogP contribution in [0.25, 0.3) is 5.69 Å². The first-order chi connectivity index (χ1) is 18.7. The van der Waals surface area contributed by atoms with Gasteiger partial charge >= 0.3 is 12.1 Å². The molecule has 0 amide bonds. The average Bonchev–Trinajstić information content (AvgIpc) is 3.39. The Balaban J connectivity index is 0.000000448. The SMILES string of the molecule is Clc1ccc(Nc2ncn(-c3ccnc(Nc4ccc(N5CCOCC5)cc4)c3)n2)cc1.O=C(O)C(F)(F)F. The first-order valence-electron chi connectivity index (χ1n) is 11.6. The van der Waals surface area contributed by atoms with Gasteiger partial charge < -0.3 is 25.4 Å². The number of benzene rings is 2. The quantitative estimate of drug-likeness (QED) is 0.289. The number of alkyl halides is 3. The van der Waals surface area contributed by atoms with Crippen molar-refractivity contribution >= 4 is 46.4 Å². The number of morpholine rings is 1. The summed E-state index contributed by atoms with van der Waals surface area (Å²) in [6, 6.07) is 19.5. The first kappa shape index (κ1) is 27.7. The van der Waals surface area contributed by atoms with E-state index in [0.717, 1.165) is 49.2 Å². The number of hydrogen-bond donors (Lipinski definition) is 3. The van der Waals surface area contributed by atoms with Crippen LogP contribution in [0.15, 0.2) is 73.2 Å². The van der Waals surface area contributed by atoms with Crippen LogP contribution < -0.4 is 15.5 Å². The summed E-state index contributed by atoms with van der Waals surface area (Å²) >= 11 is 5.93. The molecule has 0 radical (unpaired) electrons. The van der Waals surface area contributed by atoms with Crippen LogP contribution in [0.5, 0.6) is 0 Å². The second-order valence-electron chi connectivity index (χ2n) is 8.12. The van der Waals surface area contributed by atoms with Gasteiger partial charge in [-0.15, -0.1) is 5.10 Å². The number of aromatic nitrogens is 4. The third-order valence-electron chi connectivity index (χ3n) is 5.36. The van der Waals surface area contributed by atoms with E-state index in [2.05, 4.69) is 54.9 Å². The smallest absolute Gasteiger partial charge is 0.475 e. The summed E-state index contributed by atoms with van der Waals surface area (Å²) in [5, 5.41) is 18.8. The summed E-state index contributed by atoms with van der Waals surface area (Å²) < 4.78 is 38.9. The standard InChI is InChI=1S/C23H22ClN7O.C2HF3O2/c24-17-1-3-19(4-2-17)28-23-26-16-31(29-23)21-9-10-25-22(15-21)27-18-5-7-20(8-6-18)30-11-13-32-14-12-30;3-2(4,5)1(6)7/h1-10,15-16H,11-14H2,(H,25,27)(H,28,29);(H,6,7). The molecule has 0 bridgehead atoms. The highest BCUT2D eigenvalue weighted by Crippen LogP contribution is 2.23. The number of pyridine rings is 1. The average molecular weight is 562 g/mol. The minimum Gasteiger partial charge on any atom is -0.475 e. The molecule has 0 aliphatic carbocycles. The molecule has 1 saturated heterocycles. The maximum atomic E-state index is 10.6. The minimum atomic E-state index is -5.08. The van der Waals surface area contributed by atoms with Gasteiger partial charge in [-0.1, -0.05) is 11.6 Å². The van der Waals surface area contributed by atoms with Crippen LogP contribution in [0.4, 0.5) is 42.0 Å². The van der Waals surface area contributed by atoms with Gasteiger partial charge in [-0.05, 0) is 54.6 Å². The lowest BCUT2D eigenvalue weighted by molar-refractivity contribution is -0.192. The topological polar surface area (TPSA) is 117 Å². The molecule has 5 rings (SSSR count). The maximum absolute atomic E-state index is 10.6. The predicted octanol–water partition coefficient (Wildman–Crippen LogP) is 5.27. The van der Waals surface area contributed by atoms with Crippen molar-refractivity contribution in [3.8, 4) is 5.69 Å². The zero-order chi connectivity index (χ0) is 27.8. The number of rotatable bonds is 6. The third-order valence-corrected chi connectivity index (χ3v) is 5.61. The molecule has 2 aromatic heterocycles. The van der Waals surface area contributed by atoms with Gasteiger partial charge in [-0.3, -0.25) is 0 Å². The Kier molecular flexibility index (Phi) is 8.84. The molecule has 3 N–H and O–H groups in total. The van der Waals surface area contributed by atoms with E-state index in [-0.39, 0.29) is 0 Å². The van der Waals surface area contributed by atoms with Crippen LogP contribution in [-0.2, 0) is 9.53 Å². The van der Waals surface area contributed by atoms with Crippen molar-refractivity contribution < 1.29 is 27.8 Å². The number of nitrogens with zero attached hydrogens (tertiary/aromatic N) is 5. The maximum Gasteiger partial charge on any atom is 0.490 e. The van der Waals surface area contributed by atoms with E-state index in [9.17, 15) is 13.2 Å². The van der Waals surface area contributed by atoms with Gasteiger partial charge in [0.15, 0.2) is 0 Å². The number of hydrogen-bond acceptors (Lipinski definition) is 8. The van der Waals surface area contributed by atoms with Crippen LogP contribution in [-0.4, -0.2) is 63.3 Å². The first-order valence-corrected chi connectivity index (χ1v) is 12.0. The normalized spacial score (nSPS) is 13.3. The van der Waals surface area contributed by atoms with Gasteiger partial charge in [0.2, 0.25) is 5.95 Å². The van der Waals surface area contributed by atoms with Gasteiger partial charge in [0.1, 0.15) is 12.1 Å². The van der Waals surface area contributed by atoms with Crippen LogP contribution >= 0.6 is 11.6 Å². The number of aliphatic carboxylic acids is 1. The third kappa shape index (κ3) is 8.06. The van der Waals surface area contributed by atoms with E-state index in [1.807, 2.05) is 36.4 Å². The van der Waals surface area contributed by atoms with Crippen LogP contribution in [0, 0.1) is 0 Å². The molecule has 0 unspecified atom stereocenters. The monoisotopic (exact) mass is 561 g/mol. The fourth-order valence-electron chi connectivity index (χ4n) is 3.46. The Bertz CT molecular complexity index is 1380. The van der Waals surface area contributed by atoms with E-state index >= 15 is 0 Å². The second kappa shape index (κ2) is 12.5. The molecule has 4 aromatic rings. The summed E-state index contributed by atoms with van der Waals surface area (Å²) in [6.45, 7) is 3.39. The molecule has 1 fully saturated rings. The van der Waals surface area contributed by atoms with Gasteiger partial charge in [0.05, 0.1) is 18.9 Å². The number of ether oxygens (including phenoxy) is 1. The fraction of sp³-hybridized carbons (Fsp3) is 0.200. The lowest BCUT2D eigenvalue weighted by Gasteiger charge is -2.28. The van der Waals surface area contributed by atoms with E-state index < -0.39 is 12.1 Å². The van der Waals surface area contributed by atoms with Gasteiger partial charge in [0, 0.05) is 47.4 Å². The second-order valence-corrected chi connectivity index (χ2v) is 8.55. The molecule has 0 spiro atoms. The molecule has 204 valence electrons. The van der Waals surface area contributed by atoms with Crippen molar-refractivity contribution in [2.24, 2.45) is 0 Å². The van der Waals surface area contributed by atoms with Crippen molar-refractivity contribution in [1.82, 2.24) is 19.7 Å². The summed E-state index contributed by atoms with van der Waals surface area (Å²) in [5.41, 5.74) is 3.88. The lowest BCUT2D eigenvalue weighted by Crippen LogP contribution is -2.36. The van der Waals surface area contributed by atoms with Crippen molar-refractivity contribution in [1.29, 1.82) is 0 Å². The Hall–Kier alpha value is -4.36. The Morgan fingerprint density at radius 1 is 0.923 bits per heavy atom. The highest BCUT2D eigenvalue weighted by atomic mass is 35.5. The number of nitrogens with one attached hydrogen (secondary N) is 2. The molecule has 10 nitrogen and oxygen atoms in total. The molecule has 2 aromatic carbocycles. The number of carboxylic acid groups (broad SMARTS) is 1. The number of carboxylic acids is 1. The van der Waals surface area contributed by atoms with Crippen molar-refractivity contribution in [3.05, 3.63) is 78.2 Å². The molecule has 1 aliphatic rings. The van der Waals surface area contributed by atoms with E-state index in [1.165, 1.54) is 5.69 Å². The zero-order valence-electron chi connectivity index (χ0n) is 20.3. The molecule has 0 saturated carbocycles. The molecule has 0 atom stereocenters. The fourth-order valence-corrected chi connectivity index (χ4v) is 3.59. The summed E-state index contributed by atoms with van der Waals surface area (Å²) in [5.74, 6) is -1.53. The lowest BCUT2D eigenvalue weighted by atomic mass is 10.2. The Morgan fingerprint density at radius 2 is 1.54 bits per heavy atom. The van der Waals surface area contributed by atoms with Crippen LogP contribution in [0.2, 0.25) is 5.02 Å². The van der Waals surface area contributed by atoms with Crippen LogP contribution in [0.3, 0.4) is 0 Å². The summed E-state index contributed by atoms with van der Waals surface area (Å²) in [4.78, 5) is 20.0. The number of halogens is 4. The molecular weight excluding hydrogens is 539 g/mol. The minimum absolute atomic E-state index is 0.498. The molecule has 1 aliphatic heterocycles. The van der Waals surface area contributed by atoms with Crippen molar-refractivity contribution in [2.45, 2.75) is 6.18 Å². The summed E-state index contributed by atoms with van der Waals surface area (Å²) in [6.07, 6.45) is -1.68. The highest BCUT2D eigenvalue weighted by molar-refractivity contribution is 6.30. The van der Waals surface area contributed by atoms with Gasteiger partial charge in [-0.25, -0.2) is 14.5 Å². The number of anilines is 5. The van der Waals surface area contributed by atoms with Crippen LogP contribution in [0.1, 0.15) is 0 Å². The van der Waals surface area contributed by atoms with E-state index in [4.69, 9.17) is 26.2 Å². The largest absolute Gasteiger partial charge is 0.490 e. The zero-order valence-corrected chi connectivity index (χ0v) is 21.0. The number of carbonyl (C=O) groups is 1. The highest BCUT2D eigenvalue weighted by Gasteiger charge is 2.38. The summed E-state index contributed by atoms with van der Waals surface area (Å²) in [7, 11) is 0. The van der Waals surface area contributed by atoms with E-state index in [0.29, 0.717) is 11.0 Å². The molecule has 39 heavy (non-hydrogen) atoms.